The van der Waals surface area contributed by atoms with Crippen LogP contribution in [0.1, 0.15) is 148 Å². The maximum atomic E-state index is 14.2. The van der Waals surface area contributed by atoms with Gasteiger partial charge in [0.05, 0.1) is 134 Å². The van der Waals surface area contributed by atoms with Crippen LogP contribution in [0.4, 0.5) is 0 Å². The quantitative estimate of drug-likeness (QED) is 0.0131. The van der Waals surface area contributed by atoms with Crippen molar-refractivity contribution in [1.29, 1.82) is 0 Å². The number of rotatable bonds is 36. The van der Waals surface area contributed by atoms with Crippen LogP contribution in [0.3, 0.4) is 0 Å². The zero-order valence-electron chi connectivity index (χ0n) is 83.8. The molecule has 25 rings (SSSR count). The lowest BCUT2D eigenvalue weighted by Crippen LogP contribution is -2.68. The van der Waals surface area contributed by atoms with Crippen LogP contribution in [-0.4, -0.2) is 486 Å². The van der Waals surface area contributed by atoms with Crippen molar-refractivity contribution in [2.45, 2.75) is 383 Å². The largest absolute Gasteiger partial charge is 0.481 e. The lowest BCUT2D eigenvalue weighted by atomic mass is 9.71. The Bertz CT molecular complexity index is 4530. The molecule has 0 spiro atoms. The van der Waals surface area contributed by atoms with E-state index in [-0.39, 0.29) is 117 Å². The van der Waals surface area contributed by atoms with E-state index in [0.29, 0.717) is 19.4 Å². The Labute approximate surface area is 871 Å². The van der Waals surface area contributed by atoms with Gasteiger partial charge in [0.15, 0.2) is 44.0 Å². The van der Waals surface area contributed by atoms with Gasteiger partial charge < -0.3 is 208 Å². The van der Waals surface area contributed by atoms with Gasteiger partial charge in [-0.2, -0.15) is 23.5 Å². The first-order chi connectivity index (χ1) is 70.8. The average molecular weight is 2200 g/mol. The molecule has 24 heterocycles. The van der Waals surface area contributed by atoms with Gasteiger partial charge in [0.1, 0.15) is 188 Å². The second-order valence-corrected chi connectivity index (χ2v) is 43.3. The van der Waals surface area contributed by atoms with Crippen LogP contribution >= 0.6 is 34.9 Å². The number of unbranched alkanes of at least 4 members (excludes halogenated alkanes) is 2. The number of aliphatic hydroxyl groups is 20. The number of carboxylic acid groups (broad SMARTS) is 2. The summed E-state index contributed by atoms with van der Waals surface area (Å²) in [6.07, 6.45) is -68.5. The molecule has 24 N–H and O–H groups in total. The number of Topliss-reactive ketones (excluding diaryl/α,β-unsaturated/α-hetero) is 3. The van der Waals surface area contributed by atoms with Gasteiger partial charge in [-0.25, -0.2) is 4.98 Å². The maximum absolute atomic E-state index is 14.2. The van der Waals surface area contributed by atoms with Crippen LogP contribution < -0.4 is 5.73 Å². The number of carboxylic acids is 2. The number of aliphatic carboxylic acids is 2. The van der Waals surface area contributed by atoms with Crippen molar-refractivity contribution in [3.8, 4) is 0 Å². The number of aromatic nitrogens is 1. The molecule has 1 aromatic carbocycles. The predicted molar refractivity (Wildman–Crippen MR) is 512 cm³/mol. The fraction of sp³-hybridized carbons (Fsp3) is 0.833. The Morgan fingerprint density at radius 3 is 1.32 bits per heavy atom. The van der Waals surface area contributed by atoms with Gasteiger partial charge in [0.25, 0.3) is 0 Å². The first-order valence-corrected chi connectivity index (χ1v) is 53.4. The third kappa shape index (κ3) is 31.6. The molecule has 50 nitrogen and oxygen atoms in total. The fourth-order valence-electron chi connectivity index (χ4n) is 19.4. The first kappa shape index (κ1) is 124. The number of fused-ring (bicyclic) bond motifs is 2. The third-order valence-corrected chi connectivity index (χ3v) is 32.0. The Morgan fingerprint density at radius 1 is 0.537 bits per heavy atom. The summed E-state index contributed by atoms with van der Waals surface area (Å²) in [5.41, 5.74) is 5.57. The molecule has 2 aromatic rings. The highest BCUT2D eigenvalue weighted by molar-refractivity contribution is 7.99. The van der Waals surface area contributed by atoms with E-state index in [1.54, 1.807) is 38.2 Å². The van der Waals surface area contributed by atoms with Gasteiger partial charge in [0, 0.05) is 55.1 Å². The van der Waals surface area contributed by atoms with Gasteiger partial charge in [-0.05, 0) is 89.5 Å². The number of nitrogens with two attached hydrogens (primary N) is 1. The van der Waals surface area contributed by atoms with Crippen molar-refractivity contribution < 1.29 is 236 Å². The van der Waals surface area contributed by atoms with Crippen LogP contribution in [0, 0.1) is 36.0 Å². The highest BCUT2D eigenvalue weighted by Gasteiger charge is 2.62. The molecule has 0 amide bonds. The van der Waals surface area contributed by atoms with Gasteiger partial charge in [-0.3, -0.25) is 33.6 Å². The zero-order chi connectivity index (χ0) is 109. The third-order valence-electron chi connectivity index (χ3n) is 28.6. The van der Waals surface area contributed by atoms with Crippen LogP contribution in [0.2, 0.25) is 0 Å². The number of cyclic esters (lactones) is 1. The van der Waals surface area contributed by atoms with Crippen molar-refractivity contribution in [1.82, 2.24) is 4.98 Å². The second-order valence-electron chi connectivity index (χ2n) is 40.0. The van der Waals surface area contributed by atoms with Crippen molar-refractivity contribution in [2.75, 3.05) is 89.0 Å². The maximum Gasteiger partial charge on any atom is 0.309 e. The first-order valence-electron chi connectivity index (χ1n) is 50.3. The smallest absolute Gasteiger partial charge is 0.309 e. The molecule has 1 aromatic heterocycles. The summed E-state index contributed by atoms with van der Waals surface area (Å²) in [6.45, 7) is 11.5. The van der Waals surface area contributed by atoms with E-state index < -0.39 is 325 Å². The molecule has 23 fully saturated rings. The summed E-state index contributed by atoms with van der Waals surface area (Å²) in [5.74, 6) is -8.82. The van der Waals surface area contributed by atoms with Crippen LogP contribution in [0.5, 0.6) is 0 Å². The van der Waals surface area contributed by atoms with Gasteiger partial charge in [-0.1, -0.05) is 52.7 Å². The van der Waals surface area contributed by atoms with Gasteiger partial charge >= 0.3 is 23.9 Å². The summed E-state index contributed by atoms with van der Waals surface area (Å²) in [7, 11) is 0. The molecule has 16 unspecified atom stereocenters. The molecule has 149 heavy (non-hydrogen) atoms. The lowest BCUT2D eigenvalue weighted by Gasteiger charge is -2.50. The summed E-state index contributed by atoms with van der Waals surface area (Å²) in [4.78, 5) is 94.1. The molecule has 44 atom stereocenters. The fourth-order valence-corrected chi connectivity index (χ4v) is 22.7. The number of ether oxygens (including phenoxy) is 19. The van der Waals surface area contributed by atoms with E-state index in [0.717, 1.165) is 76.4 Å². The minimum absolute atomic E-state index is 0.0656. The molecule has 14 bridgehead atoms. The Morgan fingerprint density at radius 2 is 0.933 bits per heavy atom. The SMILES string of the molecule is C=CC[C@H]1C(=O)C(C)(C)[C@@H](O)CC(=O)O[C@H](c2ccc3sc(C)nc3c2)C[C@@H]2O[C@]2(C)CCC[C@H](C)[C@@H]1OC(=O)CCCCCN.CCC(CSCC1O[C@@H]2O[C@@H]3C(CO)O[C@H](O[C@@H]4C(CO)O[C@H](O[C@@H]5C(CO)O[C@H](O[C@@H]6C(CSCC(CC(=O)CCOCCOCCC(C)=O)C(=O)O)O[C@H](O[C@@H]7C(CO)O[C@H](O[C@@H]8C(CO)O[C@H](O[C@H]1[C@H](O)C2O)C(O)[C@H]8O)C(O)[C@H]7O)[C@@H](O)C6O)C(O)[C@H]5O)C(O)[C@H]4O)C(O)[C@H]3O)C(=O)O. The standard InChI is InChI=1S/C60H98O41S2.C36H52N2O7S/c1-3-21(52(82)83)16-102-18-29-50-36(73)43(80)59(93-29)98-48-27(14-64)89-55(39(76)32(48)69)95-45-24(11-61)88-54(38(75)31(45)68)96-46-26(13-63)92-58(42(79)35(46)72)101-51-30(19-103-17-22(53(84)85)10-23(67)5-7-87-9-8-86-6-4-20(2)66)94-60(44(81)37(51)74)99-49-28(15-65)90-56(40(77)33(49)70)97-47-25(12-62)91-57(100-50)41(78)34(47)71;1-7-12-25-33(44-31(40)14-9-8-10-18-37)22(2)13-11-17-36(6)30(45-36)20-27(24-15-16-28-26(19-24)38-23(3)46-28)43-32(41)21-29(39)35(4,5)34(25)42/h21-22,24-51,54-65,68-81H,3-19H2,1-2H3,(H,82,83)(H,84,85);7,15-16,19,22,25,27,29-30,33,39H,1,8-14,17-18,20-21,37H2,2-6H3/t21?,22?,24?,25?,26?,27?,28?,29?,30?,31-,32-,33-,34-,35-,36-,37?,38?,39?,40?,41?,42?,43?,44+,45-,46-,47-,48-,49-,50-,51-,54-,55-,56-,57-,58-,59-,60-;22-,25+,27-,29-,30-,33-,36+/m10/s1. The van der Waals surface area contributed by atoms with Crippen molar-refractivity contribution in [3.05, 3.63) is 41.4 Å². The van der Waals surface area contributed by atoms with E-state index in [1.807, 2.05) is 32.0 Å². The van der Waals surface area contributed by atoms with Crippen LogP contribution in [0.15, 0.2) is 30.9 Å². The number of thioether (sulfide) groups is 2. The molecule has 23 aliphatic rings. The lowest BCUT2D eigenvalue weighted by molar-refractivity contribution is -0.395. The van der Waals surface area contributed by atoms with Crippen LogP contribution in [0.25, 0.3) is 10.2 Å². The number of thiazole rings is 1. The number of esters is 2. The number of carbonyl (C=O) groups excluding carboxylic acids is 5. The minimum Gasteiger partial charge on any atom is -0.481 e. The molecule has 0 saturated carbocycles. The summed E-state index contributed by atoms with van der Waals surface area (Å²) < 4.78 is 113. The normalized spacial score (nSPS) is 40.5. The van der Waals surface area contributed by atoms with Crippen molar-refractivity contribution in [2.24, 2.45) is 34.8 Å². The number of hydrogen-bond donors (Lipinski definition) is 23. The predicted octanol–water partition coefficient (Wildman–Crippen LogP) is -5.05. The molecule has 23 saturated heterocycles. The summed E-state index contributed by atoms with van der Waals surface area (Å²) in [5, 5.41) is 249. The summed E-state index contributed by atoms with van der Waals surface area (Å²) >= 11 is 3.33. The highest BCUT2D eigenvalue weighted by atomic mass is 32.2. The zero-order valence-corrected chi connectivity index (χ0v) is 86.3. The number of carbonyl (C=O) groups is 7. The molecule has 0 radical (unpaired) electrons. The van der Waals surface area contributed by atoms with E-state index >= 15 is 0 Å². The van der Waals surface area contributed by atoms with Crippen molar-refractivity contribution in [3.63, 3.8) is 0 Å². The summed E-state index contributed by atoms with van der Waals surface area (Å²) in [6, 6.07) is 5.91. The number of epoxide rings is 1. The molecular weight excluding hydrogens is 2050 g/mol. The average Bonchev–Trinajstić information content (AvgIpc) is 1.75. The number of nitrogens with zero attached hydrogens (tertiary/aromatic N) is 1. The number of aliphatic hydroxyl groups excluding tert-OH is 20. The Hall–Kier alpha value is -5.08. The second kappa shape index (κ2) is 57.4. The topological polar surface area (TPSA) is 782 Å². The Balaban J connectivity index is 0.000000380. The monoisotopic (exact) mass is 2190 g/mol. The van der Waals surface area contributed by atoms with Gasteiger partial charge in [0.2, 0.25) is 0 Å². The molecule has 53 heteroatoms. The van der Waals surface area contributed by atoms with E-state index in [1.165, 1.54) is 6.92 Å². The number of aryl methyl sites for hydroxylation is 1. The minimum atomic E-state index is -2.31. The van der Waals surface area contributed by atoms with Crippen molar-refractivity contribution >= 4 is 86.3 Å². The highest BCUT2D eigenvalue weighted by Crippen LogP contribution is 2.49. The number of benzene rings is 1. The number of hydrogen-bond acceptors (Lipinski definition) is 51. The molecular formula is C96H150N2O48S3. The van der Waals surface area contributed by atoms with E-state index in [2.05, 4.69) is 18.5 Å². The Kier molecular flexibility index (Phi) is 47.8. The van der Waals surface area contributed by atoms with E-state index in [4.69, 9.17) is 95.7 Å². The number of allylic oxidation sites excluding steroid dienone is 1. The molecule has 0 aliphatic carbocycles. The van der Waals surface area contributed by atoms with E-state index in [9.17, 15) is 146 Å². The number of ketones is 3. The van der Waals surface area contributed by atoms with Gasteiger partial charge in [-0.15, -0.1) is 17.9 Å². The molecule has 850 valence electrons. The molecule has 23 aliphatic heterocycles. The van der Waals surface area contributed by atoms with Crippen LogP contribution in [-0.2, 0) is 124 Å².